The van der Waals surface area contributed by atoms with E-state index in [1.54, 1.807) is 6.33 Å². The highest BCUT2D eigenvalue weighted by Gasteiger charge is 2.13. The van der Waals surface area contributed by atoms with Gasteiger partial charge in [-0.25, -0.2) is 4.98 Å². The van der Waals surface area contributed by atoms with Gasteiger partial charge in [-0.2, -0.15) is 15.0 Å². The SMILES string of the molecule is CCN(CC)c1nc(N)nc(-n2cnc(C)c2C)n1. The lowest BCUT2D eigenvalue weighted by molar-refractivity contribution is 0.792. The second-order valence-electron chi connectivity index (χ2n) is 4.25. The number of nitrogen functional groups attached to an aromatic ring is 1. The zero-order chi connectivity index (χ0) is 14.0. The van der Waals surface area contributed by atoms with Crippen molar-refractivity contribution in [1.29, 1.82) is 0 Å². The van der Waals surface area contributed by atoms with E-state index in [-0.39, 0.29) is 5.95 Å². The summed E-state index contributed by atoms with van der Waals surface area (Å²) in [6.45, 7) is 9.66. The first kappa shape index (κ1) is 13.3. The van der Waals surface area contributed by atoms with Crippen molar-refractivity contribution in [2.45, 2.75) is 27.7 Å². The summed E-state index contributed by atoms with van der Waals surface area (Å²) in [6.07, 6.45) is 1.70. The molecule has 0 spiro atoms. The molecule has 2 aromatic heterocycles. The van der Waals surface area contributed by atoms with Crippen LogP contribution in [0.1, 0.15) is 25.2 Å². The molecule has 7 heteroatoms. The van der Waals surface area contributed by atoms with Crippen LogP contribution in [0.3, 0.4) is 0 Å². The number of hydrogen-bond acceptors (Lipinski definition) is 6. The van der Waals surface area contributed by atoms with Crippen molar-refractivity contribution in [3.63, 3.8) is 0 Å². The molecule has 0 saturated heterocycles. The number of aromatic nitrogens is 5. The third kappa shape index (κ3) is 2.49. The van der Waals surface area contributed by atoms with Crippen molar-refractivity contribution in [1.82, 2.24) is 24.5 Å². The van der Waals surface area contributed by atoms with E-state index in [0.717, 1.165) is 24.5 Å². The molecule has 0 aliphatic carbocycles. The summed E-state index contributed by atoms with van der Waals surface area (Å²) in [5.41, 5.74) is 7.72. The molecule has 0 radical (unpaired) electrons. The Bertz CT molecular complexity index is 571. The molecule has 0 atom stereocenters. The van der Waals surface area contributed by atoms with Crippen LogP contribution in [0.4, 0.5) is 11.9 Å². The van der Waals surface area contributed by atoms with Crippen LogP contribution < -0.4 is 10.6 Å². The number of rotatable bonds is 4. The molecule has 102 valence electrons. The monoisotopic (exact) mass is 261 g/mol. The van der Waals surface area contributed by atoms with Crippen molar-refractivity contribution < 1.29 is 0 Å². The van der Waals surface area contributed by atoms with E-state index in [1.807, 2.05) is 23.3 Å². The van der Waals surface area contributed by atoms with Crippen LogP contribution in [-0.2, 0) is 0 Å². The molecule has 0 aliphatic rings. The van der Waals surface area contributed by atoms with Crippen LogP contribution in [-0.4, -0.2) is 37.6 Å². The molecule has 0 bridgehead atoms. The van der Waals surface area contributed by atoms with E-state index >= 15 is 0 Å². The number of hydrogen-bond donors (Lipinski definition) is 1. The summed E-state index contributed by atoms with van der Waals surface area (Å²) < 4.78 is 1.82. The van der Waals surface area contributed by atoms with Gasteiger partial charge in [-0.05, 0) is 27.7 Å². The number of aryl methyl sites for hydroxylation is 1. The predicted octanol–water partition coefficient (Wildman–Crippen LogP) is 1.10. The molecule has 0 aromatic carbocycles. The van der Waals surface area contributed by atoms with Crippen LogP contribution in [0.25, 0.3) is 5.95 Å². The highest BCUT2D eigenvalue weighted by atomic mass is 15.3. The fraction of sp³-hybridized carbons (Fsp3) is 0.500. The zero-order valence-electron chi connectivity index (χ0n) is 11.8. The smallest absolute Gasteiger partial charge is 0.241 e. The Morgan fingerprint density at radius 3 is 2.37 bits per heavy atom. The minimum atomic E-state index is 0.220. The number of nitrogens with two attached hydrogens (primary N) is 1. The summed E-state index contributed by atoms with van der Waals surface area (Å²) in [5.74, 6) is 1.32. The van der Waals surface area contributed by atoms with Gasteiger partial charge in [0.1, 0.15) is 6.33 Å². The molecule has 2 rings (SSSR count). The van der Waals surface area contributed by atoms with Crippen molar-refractivity contribution in [3.8, 4) is 5.95 Å². The van der Waals surface area contributed by atoms with Gasteiger partial charge in [0.25, 0.3) is 0 Å². The molecule has 0 saturated carbocycles. The van der Waals surface area contributed by atoms with E-state index in [0.29, 0.717) is 11.9 Å². The number of imidazole rings is 1. The second-order valence-corrected chi connectivity index (χ2v) is 4.25. The minimum absolute atomic E-state index is 0.220. The van der Waals surface area contributed by atoms with Gasteiger partial charge in [0, 0.05) is 18.8 Å². The average Bonchev–Trinajstić information content (AvgIpc) is 2.71. The van der Waals surface area contributed by atoms with Gasteiger partial charge in [-0.15, -0.1) is 0 Å². The maximum Gasteiger partial charge on any atom is 0.241 e. The Balaban J connectivity index is 2.50. The van der Waals surface area contributed by atoms with Crippen molar-refractivity contribution in [2.24, 2.45) is 0 Å². The predicted molar refractivity (Wildman–Crippen MR) is 74.4 cm³/mol. The Morgan fingerprint density at radius 2 is 1.84 bits per heavy atom. The number of nitrogens with zero attached hydrogens (tertiary/aromatic N) is 6. The van der Waals surface area contributed by atoms with E-state index in [2.05, 4.69) is 33.8 Å². The molecule has 0 amide bonds. The molecular weight excluding hydrogens is 242 g/mol. The molecule has 0 unspecified atom stereocenters. The van der Waals surface area contributed by atoms with Gasteiger partial charge in [0.2, 0.25) is 17.8 Å². The molecule has 2 heterocycles. The van der Waals surface area contributed by atoms with Crippen molar-refractivity contribution >= 4 is 11.9 Å². The van der Waals surface area contributed by atoms with Gasteiger partial charge in [-0.1, -0.05) is 0 Å². The largest absolute Gasteiger partial charge is 0.368 e. The van der Waals surface area contributed by atoms with Gasteiger partial charge >= 0.3 is 0 Å². The zero-order valence-corrected chi connectivity index (χ0v) is 11.8. The lowest BCUT2D eigenvalue weighted by Gasteiger charge is -2.19. The Kier molecular flexibility index (Phi) is 3.64. The van der Waals surface area contributed by atoms with Crippen LogP contribution in [0, 0.1) is 13.8 Å². The summed E-state index contributed by atoms with van der Waals surface area (Å²) in [5, 5.41) is 0. The van der Waals surface area contributed by atoms with Crippen molar-refractivity contribution in [2.75, 3.05) is 23.7 Å². The Hall–Kier alpha value is -2.18. The van der Waals surface area contributed by atoms with Crippen LogP contribution in [0.5, 0.6) is 0 Å². The third-order valence-corrected chi connectivity index (χ3v) is 3.14. The lowest BCUT2D eigenvalue weighted by Crippen LogP contribution is -2.25. The number of anilines is 2. The Morgan fingerprint density at radius 1 is 1.16 bits per heavy atom. The van der Waals surface area contributed by atoms with E-state index in [4.69, 9.17) is 5.73 Å². The molecule has 7 nitrogen and oxygen atoms in total. The maximum atomic E-state index is 5.78. The summed E-state index contributed by atoms with van der Waals surface area (Å²) in [4.78, 5) is 19.1. The normalized spacial score (nSPS) is 10.7. The van der Waals surface area contributed by atoms with Gasteiger partial charge in [0.05, 0.1) is 5.69 Å². The summed E-state index contributed by atoms with van der Waals surface area (Å²) in [6, 6.07) is 0. The highest BCUT2D eigenvalue weighted by Crippen LogP contribution is 2.14. The summed E-state index contributed by atoms with van der Waals surface area (Å²) >= 11 is 0. The molecule has 0 aliphatic heterocycles. The first-order valence-corrected chi connectivity index (χ1v) is 6.34. The quantitative estimate of drug-likeness (QED) is 0.887. The molecular formula is C12H19N7. The van der Waals surface area contributed by atoms with Gasteiger partial charge in [-0.3, -0.25) is 4.57 Å². The van der Waals surface area contributed by atoms with E-state index < -0.39 is 0 Å². The van der Waals surface area contributed by atoms with E-state index in [1.165, 1.54) is 0 Å². The lowest BCUT2D eigenvalue weighted by atomic mass is 10.4. The highest BCUT2D eigenvalue weighted by molar-refractivity contribution is 5.38. The molecule has 2 N–H and O–H groups in total. The first-order chi connectivity index (χ1) is 9.06. The average molecular weight is 261 g/mol. The molecule has 2 aromatic rings. The van der Waals surface area contributed by atoms with Crippen molar-refractivity contribution in [3.05, 3.63) is 17.7 Å². The van der Waals surface area contributed by atoms with Crippen LogP contribution in [0.2, 0.25) is 0 Å². The fourth-order valence-electron chi connectivity index (χ4n) is 1.83. The second kappa shape index (κ2) is 5.21. The fourth-order valence-corrected chi connectivity index (χ4v) is 1.83. The van der Waals surface area contributed by atoms with Gasteiger partial charge < -0.3 is 10.6 Å². The molecule has 0 fully saturated rings. The van der Waals surface area contributed by atoms with Crippen LogP contribution in [0.15, 0.2) is 6.33 Å². The summed E-state index contributed by atoms with van der Waals surface area (Å²) in [7, 11) is 0. The first-order valence-electron chi connectivity index (χ1n) is 6.34. The third-order valence-electron chi connectivity index (χ3n) is 3.14. The Labute approximate surface area is 112 Å². The van der Waals surface area contributed by atoms with E-state index in [9.17, 15) is 0 Å². The van der Waals surface area contributed by atoms with Crippen LogP contribution >= 0.6 is 0 Å². The topological polar surface area (TPSA) is 85.8 Å². The maximum absolute atomic E-state index is 5.78. The molecule has 19 heavy (non-hydrogen) atoms. The minimum Gasteiger partial charge on any atom is -0.368 e. The van der Waals surface area contributed by atoms with Gasteiger partial charge in [0.15, 0.2) is 0 Å². The standard InChI is InChI=1S/C12H19N7/c1-5-18(6-2)11-15-10(13)16-12(17-11)19-7-14-8(3)9(19)4/h7H,5-6H2,1-4H3,(H2,13,15,16,17).